The summed E-state index contributed by atoms with van der Waals surface area (Å²) in [6.45, 7) is 0. The fourth-order valence-electron chi connectivity index (χ4n) is 4.20. The van der Waals surface area contributed by atoms with E-state index >= 15 is 0 Å². The van der Waals surface area contributed by atoms with E-state index < -0.39 is 0 Å². The van der Waals surface area contributed by atoms with Crippen LogP contribution in [0.2, 0.25) is 0 Å². The number of para-hydroxylation sites is 1. The van der Waals surface area contributed by atoms with Gasteiger partial charge in [0.2, 0.25) is 0 Å². The number of amides is 1. The molecule has 148 valence electrons. The van der Waals surface area contributed by atoms with Crippen molar-refractivity contribution in [1.82, 2.24) is 15.1 Å². The van der Waals surface area contributed by atoms with E-state index in [1.165, 1.54) is 11.1 Å². The van der Waals surface area contributed by atoms with Gasteiger partial charge in [-0.3, -0.25) is 4.79 Å². The number of aromatic nitrogens is 2. The summed E-state index contributed by atoms with van der Waals surface area (Å²) in [6, 6.07) is 28.2. The van der Waals surface area contributed by atoms with E-state index in [2.05, 4.69) is 23.5 Å². The van der Waals surface area contributed by atoms with Crippen LogP contribution >= 0.6 is 0 Å². The van der Waals surface area contributed by atoms with Crippen molar-refractivity contribution in [2.24, 2.45) is 0 Å². The van der Waals surface area contributed by atoms with Crippen molar-refractivity contribution >= 4 is 5.91 Å². The Morgan fingerprint density at radius 1 is 0.900 bits per heavy atom. The minimum Gasteiger partial charge on any atom is -0.345 e. The third-order valence-corrected chi connectivity index (χ3v) is 5.70. The first-order valence-corrected chi connectivity index (χ1v) is 10.4. The minimum absolute atomic E-state index is 0.0335. The number of carbonyl (C=O) groups excluding carboxylic acids is 1. The molecule has 0 fully saturated rings. The Hall–Kier alpha value is -3.66. The Balaban J connectivity index is 1.52. The summed E-state index contributed by atoms with van der Waals surface area (Å²) in [4.78, 5) is 13.4. The highest BCUT2D eigenvalue weighted by atomic mass is 16.1. The number of hydrogen-bond acceptors (Lipinski definition) is 2. The van der Waals surface area contributed by atoms with Crippen LogP contribution in [0.5, 0.6) is 0 Å². The van der Waals surface area contributed by atoms with E-state index in [9.17, 15) is 4.79 Å². The summed E-state index contributed by atoms with van der Waals surface area (Å²) >= 11 is 0. The quantitative estimate of drug-likeness (QED) is 0.508. The van der Waals surface area contributed by atoms with E-state index in [0.29, 0.717) is 11.3 Å². The van der Waals surface area contributed by atoms with Gasteiger partial charge in [0, 0.05) is 11.8 Å². The van der Waals surface area contributed by atoms with Gasteiger partial charge in [0.1, 0.15) is 5.69 Å². The normalized spacial score (nSPS) is 15.4. The maximum absolute atomic E-state index is 13.4. The van der Waals surface area contributed by atoms with Crippen molar-refractivity contribution in [2.45, 2.75) is 25.3 Å². The number of fused-ring (bicyclic) bond motifs is 1. The Bertz CT molecular complexity index is 1170. The average Bonchev–Trinajstić information content (AvgIpc) is 3.26. The second-order valence-electron chi connectivity index (χ2n) is 7.65. The summed E-state index contributed by atoms with van der Waals surface area (Å²) in [7, 11) is 0. The molecule has 1 atom stereocenters. The first-order valence-electron chi connectivity index (χ1n) is 10.4. The molecule has 4 aromatic rings. The number of hydrogen-bond donors (Lipinski definition) is 1. The molecule has 0 saturated heterocycles. The Morgan fingerprint density at radius 3 is 2.40 bits per heavy atom. The molecule has 4 nitrogen and oxygen atoms in total. The van der Waals surface area contributed by atoms with Crippen LogP contribution in [-0.2, 0) is 6.42 Å². The maximum Gasteiger partial charge on any atom is 0.255 e. The molecule has 1 aliphatic carbocycles. The lowest BCUT2D eigenvalue weighted by Gasteiger charge is -2.26. The third kappa shape index (κ3) is 3.52. The lowest BCUT2D eigenvalue weighted by Crippen LogP contribution is -2.31. The second kappa shape index (κ2) is 7.99. The molecule has 0 unspecified atom stereocenters. The van der Waals surface area contributed by atoms with Gasteiger partial charge in [-0.2, -0.15) is 5.10 Å². The molecular weight excluding hydrogens is 370 g/mol. The first-order chi connectivity index (χ1) is 14.8. The SMILES string of the molecule is O=C(N[C@H]1CCCc2ccccc21)c1cn(-c2ccccc2)nc1-c1ccccc1. The smallest absolute Gasteiger partial charge is 0.255 e. The van der Waals surface area contributed by atoms with Crippen LogP contribution in [0, 0.1) is 0 Å². The predicted octanol–water partition coefficient (Wildman–Crippen LogP) is 5.35. The Morgan fingerprint density at radius 2 is 1.60 bits per heavy atom. The Labute approximate surface area is 176 Å². The fraction of sp³-hybridized carbons (Fsp3) is 0.154. The number of benzene rings is 3. The number of nitrogens with one attached hydrogen (secondary N) is 1. The molecule has 5 rings (SSSR count). The van der Waals surface area contributed by atoms with E-state index in [0.717, 1.165) is 30.5 Å². The van der Waals surface area contributed by atoms with Crippen molar-refractivity contribution in [2.75, 3.05) is 0 Å². The molecule has 0 aliphatic heterocycles. The first kappa shape index (κ1) is 18.4. The molecule has 4 heteroatoms. The largest absolute Gasteiger partial charge is 0.345 e. The van der Waals surface area contributed by atoms with E-state index in [1.54, 1.807) is 4.68 Å². The van der Waals surface area contributed by atoms with E-state index in [1.807, 2.05) is 72.9 Å². The monoisotopic (exact) mass is 393 g/mol. The molecular formula is C26H23N3O. The minimum atomic E-state index is -0.0854. The molecule has 1 N–H and O–H groups in total. The van der Waals surface area contributed by atoms with Crippen molar-refractivity contribution in [3.05, 3.63) is 108 Å². The lowest BCUT2D eigenvalue weighted by molar-refractivity contribution is 0.0933. The summed E-state index contributed by atoms with van der Waals surface area (Å²) in [6.07, 6.45) is 4.94. The van der Waals surface area contributed by atoms with E-state index in [4.69, 9.17) is 5.10 Å². The maximum atomic E-state index is 13.4. The van der Waals surface area contributed by atoms with Gasteiger partial charge < -0.3 is 5.32 Å². The summed E-state index contributed by atoms with van der Waals surface area (Å²) < 4.78 is 1.78. The molecule has 3 aromatic carbocycles. The number of rotatable bonds is 4. The summed E-state index contributed by atoms with van der Waals surface area (Å²) in [5.41, 5.74) is 5.71. The highest BCUT2D eigenvalue weighted by Gasteiger charge is 2.25. The highest BCUT2D eigenvalue weighted by Crippen LogP contribution is 2.31. The number of carbonyl (C=O) groups is 1. The summed E-state index contributed by atoms with van der Waals surface area (Å²) in [5, 5.41) is 8.04. The second-order valence-corrected chi connectivity index (χ2v) is 7.65. The topological polar surface area (TPSA) is 46.9 Å². The van der Waals surface area contributed by atoms with Gasteiger partial charge >= 0.3 is 0 Å². The molecule has 0 radical (unpaired) electrons. The molecule has 1 aromatic heterocycles. The zero-order valence-electron chi connectivity index (χ0n) is 16.7. The highest BCUT2D eigenvalue weighted by molar-refractivity contribution is 6.00. The lowest BCUT2D eigenvalue weighted by atomic mass is 9.87. The van der Waals surface area contributed by atoms with Gasteiger partial charge in [0.25, 0.3) is 5.91 Å². The van der Waals surface area contributed by atoms with Gasteiger partial charge in [-0.1, -0.05) is 72.8 Å². The average molecular weight is 393 g/mol. The van der Waals surface area contributed by atoms with Gasteiger partial charge in [-0.15, -0.1) is 0 Å². The molecule has 0 spiro atoms. The van der Waals surface area contributed by atoms with Gasteiger partial charge in [0.05, 0.1) is 17.3 Å². The zero-order chi connectivity index (χ0) is 20.3. The van der Waals surface area contributed by atoms with Gasteiger partial charge in [-0.05, 0) is 42.5 Å². The molecule has 0 saturated carbocycles. The van der Waals surface area contributed by atoms with Gasteiger partial charge in [0.15, 0.2) is 0 Å². The van der Waals surface area contributed by atoms with Crippen molar-refractivity contribution < 1.29 is 4.79 Å². The van der Waals surface area contributed by atoms with Crippen LogP contribution in [0.25, 0.3) is 16.9 Å². The van der Waals surface area contributed by atoms with Crippen molar-refractivity contribution in [3.63, 3.8) is 0 Å². The number of aryl methyl sites for hydroxylation is 1. The van der Waals surface area contributed by atoms with Crippen LogP contribution in [0.15, 0.2) is 91.1 Å². The van der Waals surface area contributed by atoms with E-state index in [-0.39, 0.29) is 11.9 Å². The van der Waals surface area contributed by atoms with Crippen molar-refractivity contribution in [1.29, 1.82) is 0 Å². The van der Waals surface area contributed by atoms with Crippen LogP contribution < -0.4 is 5.32 Å². The molecule has 0 bridgehead atoms. The van der Waals surface area contributed by atoms with Crippen LogP contribution in [0.3, 0.4) is 0 Å². The molecule has 1 aliphatic rings. The summed E-state index contributed by atoms with van der Waals surface area (Å²) in [5.74, 6) is -0.0854. The van der Waals surface area contributed by atoms with Crippen molar-refractivity contribution in [3.8, 4) is 16.9 Å². The van der Waals surface area contributed by atoms with Crippen LogP contribution in [0.4, 0.5) is 0 Å². The zero-order valence-corrected chi connectivity index (χ0v) is 16.7. The Kier molecular flexibility index (Phi) is 4.89. The predicted molar refractivity (Wildman–Crippen MR) is 119 cm³/mol. The van der Waals surface area contributed by atoms with Crippen LogP contribution in [0.1, 0.15) is 40.4 Å². The van der Waals surface area contributed by atoms with Gasteiger partial charge in [-0.25, -0.2) is 4.68 Å². The standard InChI is InChI=1S/C26H23N3O/c30-26(27-24-17-9-13-19-10-7-8-16-22(19)24)23-18-29(21-14-5-2-6-15-21)28-25(23)20-11-3-1-4-12-20/h1-8,10-12,14-16,18,24H,9,13,17H2,(H,27,30)/t24-/m0/s1. The molecule has 30 heavy (non-hydrogen) atoms. The fourth-order valence-corrected chi connectivity index (χ4v) is 4.20. The molecule has 1 amide bonds. The molecule has 1 heterocycles. The third-order valence-electron chi connectivity index (χ3n) is 5.70. The van der Waals surface area contributed by atoms with Crippen LogP contribution in [-0.4, -0.2) is 15.7 Å². The number of nitrogens with zero attached hydrogens (tertiary/aromatic N) is 2.